The molecule has 21 heavy (non-hydrogen) atoms. The van der Waals surface area contributed by atoms with Gasteiger partial charge in [-0.15, -0.1) is 0 Å². The van der Waals surface area contributed by atoms with Crippen molar-refractivity contribution in [2.75, 3.05) is 5.73 Å². The maximum atomic E-state index is 6.17. The lowest BCUT2D eigenvalue weighted by Gasteiger charge is -2.05. The number of hydrogen-bond donors (Lipinski definition) is 1. The number of benzene rings is 2. The summed E-state index contributed by atoms with van der Waals surface area (Å²) in [6.45, 7) is 4.15. The van der Waals surface area contributed by atoms with E-state index in [-0.39, 0.29) is 0 Å². The molecule has 0 unspecified atom stereocenters. The van der Waals surface area contributed by atoms with Crippen LogP contribution in [0.25, 0.3) is 16.9 Å². The van der Waals surface area contributed by atoms with Crippen molar-refractivity contribution in [3.05, 3.63) is 64.3 Å². The molecule has 3 rings (SSSR count). The summed E-state index contributed by atoms with van der Waals surface area (Å²) in [5, 5.41) is 4.66. The van der Waals surface area contributed by atoms with Gasteiger partial charge in [-0.1, -0.05) is 33.6 Å². The summed E-state index contributed by atoms with van der Waals surface area (Å²) in [7, 11) is 0. The Morgan fingerprint density at radius 1 is 1.05 bits per heavy atom. The van der Waals surface area contributed by atoms with Crippen molar-refractivity contribution < 1.29 is 0 Å². The Labute approximate surface area is 132 Å². The first-order valence-electron chi connectivity index (χ1n) is 6.73. The molecule has 0 bridgehead atoms. The van der Waals surface area contributed by atoms with Gasteiger partial charge in [0.15, 0.2) is 0 Å². The molecule has 0 spiro atoms. The topological polar surface area (TPSA) is 43.8 Å². The first-order chi connectivity index (χ1) is 10.0. The summed E-state index contributed by atoms with van der Waals surface area (Å²) in [6, 6.07) is 14.3. The number of nitrogens with zero attached hydrogens (tertiary/aromatic N) is 2. The Kier molecular flexibility index (Phi) is 3.55. The average Bonchev–Trinajstić information content (AvgIpc) is 2.84. The minimum atomic E-state index is 0.687. The lowest BCUT2D eigenvalue weighted by Crippen LogP contribution is -1.95. The molecule has 1 aromatic heterocycles. The monoisotopic (exact) mass is 341 g/mol. The number of aryl methyl sites for hydroxylation is 2. The number of rotatable bonds is 2. The van der Waals surface area contributed by atoms with Gasteiger partial charge in [0.05, 0.1) is 17.6 Å². The average molecular weight is 342 g/mol. The number of halogens is 1. The third-order valence-electron chi connectivity index (χ3n) is 3.48. The van der Waals surface area contributed by atoms with Crippen LogP contribution in [0.1, 0.15) is 11.1 Å². The molecule has 2 aromatic carbocycles. The number of hydrogen-bond acceptors (Lipinski definition) is 2. The first kappa shape index (κ1) is 13.9. The number of nitrogens with two attached hydrogens (primary N) is 1. The molecule has 0 fully saturated rings. The standard InChI is InChI=1S/C17H16BrN3/c1-11-3-4-12(2)15(9-11)17-16(19)10-21(20-17)14-7-5-13(18)6-8-14/h3-10H,19H2,1-2H3. The second-order valence-electron chi connectivity index (χ2n) is 5.17. The van der Waals surface area contributed by atoms with Crippen molar-refractivity contribution in [3.8, 4) is 16.9 Å². The molecule has 1 heterocycles. The maximum absolute atomic E-state index is 6.17. The van der Waals surface area contributed by atoms with E-state index >= 15 is 0 Å². The predicted octanol–water partition coefficient (Wildman–Crippen LogP) is 4.50. The minimum Gasteiger partial charge on any atom is -0.396 e. The molecular formula is C17H16BrN3. The van der Waals surface area contributed by atoms with Gasteiger partial charge in [-0.2, -0.15) is 5.10 Å². The van der Waals surface area contributed by atoms with Gasteiger partial charge in [0.25, 0.3) is 0 Å². The van der Waals surface area contributed by atoms with Crippen molar-refractivity contribution in [1.82, 2.24) is 9.78 Å². The fraction of sp³-hybridized carbons (Fsp3) is 0.118. The molecule has 0 radical (unpaired) electrons. The molecule has 4 heteroatoms. The van der Waals surface area contributed by atoms with Crippen LogP contribution in [-0.2, 0) is 0 Å². The minimum absolute atomic E-state index is 0.687. The van der Waals surface area contributed by atoms with Crippen molar-refractivity contribution >= 4 is 21.6 Å². The van der Waals surface area contributed by atoms with Crippen molar-refractivity contribution in [2.45, 2.75) is 13.8 Å². The Morgan fingerprint density at radius 2 is 1.76 bits per heavy atom. The second-order valence-corrected chi connectivity index (χ2v) is 6.09. The van der Waals surface area contributed by atoms with Gasteiger partial charge in [-0.3, -0.25) is 0 Å². The van der Waals surface area contributed by atoms with Crippen molar-refractivity contribution in [2.24, 2.45) is 0 Å². The summed E-state index contributed by atoms with van der Waals surface area (Å²) in [4.78, 5) is 0. The number of aromatic nitrogens is 2. The lowest BCUT2D eigenvalue weighted by atomic mass is 10.0. The third-order valence-corrected chi connectivity index (χ3v) is 4.01. The fourth-order valence-corrected chi connectivity index (χ4v) is 2.58. The molecular weight excluding hydrogens is 326 g/mol. The van der Waals surface area contributed by atoms with Gasteiger partial charge < -0.3 is 5.73 Å². The van der Waals surface area contributed by atoms with Crippen LogP contribution < -0.4 is 5.73 Å². The molecule has 0 amide bonds. The molecule has 0 aliphatic rings. The molecule has 0 atom stereocenters. The van der Waals surface area contributed by atoms with E-state index in [4.69, 9.17) is 5.73 Å². The zero-order valence-corrected chi connectivity index (χ0v) is 13.6. The molecule has 0 saturated heterocycles. The van der Waals surface area contributed by atoms with E-state index < -0.39 is 0 Å². The quantitative estimate of drug-likeness (QED) is 0.745. The zero-order valence-electron chi connectivity index (χ0n) is 12.0. The molecule has 106 valence electrons. The summed E-state index contributed by atoms with van der Waals surface area (Å²) in [5.74, 6) is 0. The largest absolute Gasteiger partial charge is 0.396 e. The van der Waals surface area contributed by atoms with Gasteiger partial charge in [-0.25, -0.2) is 4.68 Å². The SMILES string of the molecule is Cc1ccc(C)c(-c2nn(-c3ccc(Br)cc3)cc2N)c1. The van der Waals surface area contributed by atoms with Gasteiger partial charge in [0, 0.05) is 10.0 Å². The highest BCUT2D eigenvalue weighted by Crippen LogP contribution is 2.29. The predicted molar refractivity (Wildman–Crippen MR) is 90.6 cm³/mol. The van der Waals surface area contributed by atoms with E-state index in [2.05, 4.69) is 53.1 Å². The molecule has 0 aliphatic carbocycles. The first-order valence-corrected chi connectivity index (χ1v) is 7.52. The highest BCUT2D eigenvalue weighted by molar-refractivity contribution is 9.10. The third kappa shape index (κ3) is 2.72. The Morgan fingerprint density at radius 3 is 2.48 bits per heavy atom. The van der Waals surface area contributed by atoms with E-state index in [0.29, 0.717) is 5.69 Å². The van der Waals surface area contributed by atoms with Crippen LogP contribution in [0.3, 0.4) is 0 Å². The van der Waals surface area contributed by atoms with Crippen molar-refractivity contribution in [3.63, 3.8) is 0 Å². The van der Waals surface area contributed by atoms with Crippen LogP contribution in [-0.4, -0.2) is 9.78 Å². The highest BCUT2D eigenvalue weighted by Gasteiger charge is 2.12. The van der Waals surface area contributed by atoms with Crippen molar-refractivity contribution in [1.29, 1.82) is 0 Å². The Hall–Kier alpha value is -2.07. The molecule has 3 nitrogen and oxygen atoms in total. The van der Waals surface area contributed by atoms with Gasteiger partial charge >= 0.3 is 0 Å². The number of anilines is 1. The van der Waals surface area contributed by atoms with Crippen LogP contribution >= 0.6 is 15.9 Å². The number of nitrogen functional groups attached to an aromatic ring is 1. The summed E-state index contributed by atoms with van der Waals surface area (Å²) >= 11 is 3.44. The van der Waals surface area contributed by atoms with E-state index in [1.165, 1.54) is 11.1 Å². The fourth-order valence-electron chi connectivity index (χ4n) is 2.31. The second kappa shape index (κ2) is 5.37. The van der Waals surface area contributed by atoms with E-state index in [9.17, 15) is 0 Å². The van der Waals surface area contributed by atoms with Crippen LogP contribution in [0.5, 0.6) is 0 Å². The molecule has 0 aliphatic heterocycles. The van der Waals surface area contributed by atoms with Crippen LogP contribution in [0.4, 0.5) is 5.69 Å². The summed E-state index contributed by atoms with van der Waals surface area (Å²) in [6.07, 6.45) is 1.86. The van der Waals surface area contributed by atoms with Crippen LogP contribution in [0.2, 0.25) is 0 Å². The van der Waals surface area contributed by atoms with E-state index in [1.807, 2.05) is 35.1 Å². The normalized spacial score (nSPS) is 10.8. The van der Waals surface area contributed by atoms with E-state index in [0.717, 1.165) is 21.4 Å². The van der Waals surface area contributed by atoms with Gasteiger partial charge in [0.1, 0.15) is 5.69 Å². The highest BCUT2D eigenvalue weighted by atomic mass is 79.9. The Balaban J connectivity index is 2.09. The van der Waals surface area contributed by atoms with Gasteiger partial charge in [0.2, 0.25) is 0 Å². The molecule has 2 N–H and O–H groups in total. The molecule has 0 saturated carbocycles. The summed E-state index contributed by atoms with van der Waals surface area (Å²) in [5.41, 5.74) is 12.1. The van der Waals surface area contributed by atoms with Gasteiger partial charge in [-0.05, 0) is 49.7 Å². The summed E-state index contributed by atoms with van der Waals surface area (Å²) < 4.78 is 2.86. The van der Waals surface area contributed by atoms with Crippen LogP contribution in [0, 0.1) is 13.8 Å². The van der Waals surface area contributed by atoms with E-state index in [1.54, 1.807) is 0 Å². The lowest BCUT2D eigenvalue weighted by molar-refractivity contribution is 0.884. The maximum Gasteiger partial charge on any atom is 0.116 e. The molecule has 3 aromatic rings. The Bertz CT molecular complexity index is 788. The smallest absolute Gasteiger partial charge is 0.116 e. The van der Waals surface area contributed by atoms with Crippen LogP contribution in [0.15, 0.2) is 53.1 Å². The zero-order chi connectivity index (χ0) is 15.0.